The molecule has 0 radical (unpaired) electrons. The van der Waals surface area contributed by atoms with Crippen LogP contribution < -0.4 is 9.47 Å². The molecule has 0 atom stereocenters. The summed E-state index contributed by atoms with van der Waals surface area (Å²) in [5.74, 6) is 1.78. The number of fused-ring (bicyclic) bond motifs is 3. The quantitative estimate of drug-likeness (QED) is 0.652. The van der Waals surface area contributed by atoms with Crippen molar-refractivity contribution in [3.8, 4) is 11.5 Å². The Labute approximate surface area is 174 Å². The maximum Gasteiger partial charge on any atom is 0.166 e. The average Bonchev–Trinajstić information content (AvgIpc) is 3.07. The van der Waals surface area contributed by atoms with Crippen LogP contribution in [0.25, 0.3) is 0 Å². The summed E-state index contributed by atoms with van der Waals surface area (Å²) in [6.45, 7) is 8.84. The molecule has 0 fully saturated rings. The Morgan fingerprint density at radius 1 is 1.07 bits per heavy atom. The first-order chi connectivity index (χ1) is 12.9. The number of hydrogen-bond donors (Lipinski definition) is 0. The molecule has 2 aliphatic heterocycles. The maximum atomic E-state index is 6.54. The first kappa shape index (κ1) is 20.7. The van der Waals surface area contributed by atoms with E-state index in [1.54, 1.807) is 7.11 Å². The number of methoxy groups -OCH3 is 1. The van der Waals surface area contributed by atoms with Crippen molar-refractivity contribution in [2.24, 2.45) is 4.99 Å². The van der Waals surface area contributed by atoms with Crippen LogP contribution in [-0.4, -0.2) is 24.0 Å². The van der Waals surface area contributed by atoms with Crippen molar-refractivity contribution in [1.29, 1.82) is 0 Å². The molecular formula is C24H30ClNO2. The molecule has 0 saturated heterocycles. The van der Waals surface area contributed by atoms with E-state index < -0.39 is 0 Å². The molecule has 0 aliphatic carbocycles. The fourth-order valence-electron chi connectivity index (χ4n) is 4.51. The normalized spacial score (nSPS) is 18.2. The highest BCUT2D eigenvalue weighted by Gasteiger charge is 2.42. The highest BCUT2D eigenvalue weighted by molar-refractivity contribution is 6.16. The summed E-state index contributed by atoms with van der Waals surface area (Å²) in [4.78, 5) is 5.18. The predicted molar refractivity (Wildman–Crippen MR) is 118 cm³/mol. The first-order valence-electron chi connectivity index (χ1n) is 9.99. The molecule has 0 aromatic heterocycles. The van der Waals surface area contributed by atoms with Gasteiger partial charge in [-0.2, -0.15) is 0 Å². The van der Waals surface area contributed by atoms with Crippen molar-refractivity contribution in [3.63, 3.8) is 0 Å². The van der Waals surface area contributed by atoms with E-state index in [0.29, 0.717) is 0 Å². The van der Waals surface area contributed by atoms with Crippen LogP contribution in [0.4, 0.5) is 0 Å². The van der Waals surface area contributed by atoms with Gasteiger partial charge in [0.25, 0.3) is 0 Å². The van der Waals surface area contributed by atoms with Crippen LogP contribution in [0.5, 0.6) is 11.5 Å². The summed E-state index contributed by atoms with van der Waals surface area (Å²) in [6.07, 6.45) is 3.80. The van der Waals surface area contributed by atoms with E-state index >= 15 is 0 Å². The highest BCUT2D eigenvalue weighted by atomic mass is 35.5. The van der Waals surface area contributed by atoms with Gasteiger partial charge in [0.1, 0.15) is 5.60 Å². The van der Waals surface area contributed by atoms with Crippen LogP contribution in [0.15, 0.2) is 41.4 Å². The average molecular weight is 400 g/mol. The number of nitrogens with zero attached hydrogens (tertiary/aromatic N) is 1. The van der Waals surface area contributed by atoms with Crippen molar-refractivity contribution in [2.45, 2.75) is 64.5 Å². The van der Waals surface area contributed by atoms with Gasteiger partial charge in [0, 0.05) is 23.1 Å². The van der Waals surface area contributed by atoms with E-state index in [4.69, 9.17) is 14.5 Å². The molecule has 0 spiro atoms. The number of hydrogen-bond acceptors (Lipinski definition) is 3. The Morgan fingerprint density at radius 2 is 1.75 bits per heavy atom. The van der Waals surface area contributed by atoms with Gasteiger partial charge in [-0.1, -0.05) is 44.2 Å². The second kappa shape index (κ2) is 7.44. The van der Waals surface area contributed by atoms with Crippen LogP contribution >= 0.6 is 12.4 Å². The molecule has 0 saturated carbocycles. The fraction of sp³-hybridized carbons (Fsp3) is 0.458. The molecule has 0 amide bonds. The van der Waals surface area contributed by atoms with Gasteiger partial charge in [0.05, 0.1) is 18.4 Å². The van der Waals surface area contributed by atoms with Crippen molar-refractivity contribution in [2.75, 3.05) is 7.11 Å². The molecule has 2 aromatic carbocycles. The molecule has 150 valence electrons. The van der Waals surface area contributed by atoms with Gasteiger partial charge >= 0.3 is 0 Å². The van der Waals surface area contributed by atoms with E-state index in [2.05, 4.69) is 64.1 Å². The SMILES string of the molecule is CCC1(CC)Cc2c(c(OC)cc3c2C(c2ccccc2)=NC(C)(C)C3)O1.Cl. The summed E-state index contributed by atoms with van der Waals surface area (Å²) in [5.41, 5.74) is 5.84. The van der Waals surface area contributed by atoms with E-state index in [1.807, 2.05) is 0 Å². The molecule has 2 aliphatic rings. The molecule has 2 aromatic rings. The van der Waals surface area contributed by atoms with Crippen molar-refractivity contribution in [3.05, 3.63) is 58.7 Å². The minimum absolute atomic E-state index is 0. The minimum atomic E-state index is -0.139. The second-order valence-corrected chi connectivity index (χ2v) is 8.41. The van der Waals surface area contributed by atoms with Gasteiger partial charge in [0.15, 0.2) is 11.5 Å². The van der Waals surface area contributed by atoms with Gasteiger partial charge in [-0.3, -0.25) is 4.99 Å². The second-order valence-electron chi connectivity index (χ2n) is 8.41. The van der Waals surface area contributed by atoms with Crippen LogP contribution in [-0.2, 0) is 12.8 Å². The Hall–Kier alpha value is -2.00. The summed E-state index contributed by atoms with van der Waals surface area (Å²) >= 11 is 0. The molecule has 3 nitrogen and oxygen atoms in total. The van der Waals surface area contributed by atoms with E-state index in [0.717, 1.165) is 42.9 Å². The highest BCUT2D eigenvalue weighted by Crippen LogP contribution is 2.49. The van der Waals surface area contributed by atoms with Crippen LogP contribution in [0.2, 0.25) is 0 Å². The van der Waals surface area contributed by atoms with Crippen LogP contribution in [0.3, 0.4) is 0 Å². The first-order valence-corrected chi connectivity index (χ1v) is 9.99. The van der Waals surface area contributed by atoms with Crippen molar-refractivity contribution >= 4 is 18.1 Å². The summed E-state index contributed by atoms with van der Waals surface area (Å²) in [6, 6.07) is 12.7. The Balaban J connectivity index is 0.00000225. The predicted octanol–water partition coefficient (Wildman–Crippen LogP) is 5.78. The topological polar surface area (TPSA) is 30.8 Å². The van der Waals surface area contributed by atoms with Gasteiger partial charge in [-0.25, -0.2) is 0 Å². The van der Waals surface area contributed by atoms with Gasteiger partial charge in [-0.05, 0) is 44.7 Å². The lowest BCUT2D eigenvalue weighted by atomic mass is 9.80. The third kappa shape index (κ3) is 3.30. The maximum absolute atomic E-state index is 6.54. The zero-order valence-corrected chi connectivity index (χ0v) is 18.3. The zero-order chi connectivity index (χ0) is 19.2. The molecular weight excluding hydrogens is 370 g/mol. The lowest BCUT2D eigenvalue weighted by Gasteiger charge is -2.31. The largest absolute Gasteiger partial charge is 0.493 e. The zero-order valence-electron chi connectivity index (χ0n) is 17.5. The van der Waals surface area contributed by atoms with E-state index in [9.17, 15) is 0 Å². The van der Waals surface area contributed by atoms with E-state index in [1.165, 1.54) is 22.3 Å². The molecule has 0 N–H and O–H groups in total. The molecule has 4 heteroatoms. The Morgan fingerprint density at radius 3 is 2.36 bits per heavy atom. The number of rotatable bonds is 4. The van der Waals surface area contributed by atoms with Gasteiger partial charge in [0.2, 0.25) is 0 Å². The summed E-state index contributed by atoms with van der Waals surface area (Å²) in [7, 11) is 1.74. The minimum Gasteiger partial charge on any atom is -0.493 e. The molecule has 4 rings (SSSR count). The molecule has 28 heavy (non-hydrogen) atoms. The van der Waals surface area contributed by atoms with Crippen molar-refractivity contribution < 1.29 is 9.47 Å². The van der Waals surface area contributed by atoms with Gasteiger partial charge < -0.3 is 9.47 Å². The number of halogens is 1. The lowest BCUT2D eigenvalue weighted by molar-refractivity contribution is 0.0828. The van der Waals surface area contributed by atoms with E-state index in [-0.39, 0.29) is 23.5 Å². The third-order valence-electron chi connectivity index (χ3n) is 6.07. The Kier molecular flexibility index (Phi) is 5.51. The molecule has 0 unspecified atom stereocenters. The number of aliphatic imine (C=N–C) groups is 1. The number of ether oxygens (including phenoxy) is 2. The number of benzene rings is 2. The standard InChI is InChI=1S/C24H29NO2.ClH/c1-6-24(7-2)15-18-20-17(13-19(26-5)22(18)27-24)14-23(3,4)25-21(20)16-11-9-8-10-12-16;/h8-13H,6-7,14-15H2,1-5H3;1H. The fourth-order valence-corrected chi connectivity index (χ4v) is 4.51. The molecule has 0 bridgehead atoms. The smallest absolute Gasteiger partial charge is 0.166 e. The summed E-state index contributed by atoms with van der Waals surface area (Å²) < 4.78 is 12.3. The van der Waals surface area contributed by atoms with Gasteiger partial charge in [-0.15, -0.1) is 12.4 Å². The van der Waals surface area contributed by atoms with Crippen molar-refractivity contribution in [1.82, 2.24) is 0 Å². The van der Waals surface area contributed by atoms with Crippen LogP contribution in [0, 0.1) is 0 Å². The van der Waals surface area contributed by atoms with Crippen LogP contribution in [0.1, 0.15) is 62.8 Å². The Bertz CT molecular complexity index is 899. The lowest BCUT2D eigenvalue weighted by Crippen LogP contribution is -2.33. The monoisotopic (exact) mass is 399 g/mol. The third-order valence-corrected chi connectivity index (χ3v) is 6.07. The summed E-state index contributed by atoms with van der Waals surface area (Å²) in [5, 5.41) is 0. The molecule has 2 heterocycles.